The number of hydrogen-bond acceptors (Lipinski definition) is 3. The van der Waals surface area contributed by atoms with Gasteiger partial charge in [0.1, 0.15) is 0 Å². The first kappa shape index (κ1) is 12.4. The zero-order valence-electron chi connectivity index (χ0n) is 10.4. The van der Waals surface area contributed by atoms with Crippen LogP contribution in [0.4, 0.5) is 0 Å². The van der Waals surface area contributed by atoms with Crippen molar-refractivity contribution < 1.29 is 9.53 Å². The van der Waals surface area contributed by atoms with Crippen LogP contribution in [-0.2, 0) is 11.2 Å². The maximum Gasteiger partial charge on any atom is 0.338 e. The van der Waals surface area contributed by atoms with Gasteiger partial charge in [0.05, 0.1) is 12.2 Å². The van der Waals surface area contributed by atoms with E-state index in [4.69, 9.17) is 4.74 Å². The Morgan fingerprint density at radius 2 is 2.06 bits per heavy atom. The van der Waals surface area contributed by atoms with Crippen molar-refractivity contribution in [3.63, 3.8) is 0 Å². The van der Waals surface area contributed by atoms with E-state index in [0.717, 1.165) is 10.9 Å². The van der Waals surface area contributed by atoms with E-state index < -0.39 is 0 Å². The fourth-order valence-corrected chi connectivity index (χ4v) is 1.85. The molecule has 4 heteroatoms. The summed E-state index contributed by atoms with van der Waals surface area (Å²) in [7, 11) is 0. The minimum Gasteiger partial charge on any atom is -0.462 e. The number of nitrogens with one attached hydrogen (secondary N) is 1. The van der Waals surface area contributed by atoms with Crippen molar-refractivity contribution in [3.05, 3.63) is 45.7 Å². The van der Waals surface area contributed by atoms with Crippen molar-refractivity contribution >= 4 is 16.9 Å². The molecule has 0 amide bonds. The Morgan fingerprint density at radius 1 is 1.28 bits per heavy atom. The maximum absolute atomic E-state index is 11.7. The van der Waals surface area contributed by atoms with Crippen molar-refractivity contribution in [3.8, 4) is 0 Å². The van der Waals surface area contributed by atoms with Gasteiger partial charge in [-0.2, -0.15) is 0 Å². The number of pyridine rings is 1. The van der Waals surface area contributed by atoms with Crippen LogP contribution in [0.3, 0.4) is 0 Å². The van der Waals surface area contributed by atoms with E-state index in [2.05, 4.69) is 4.98 Å². The van der Waals surface area contributed by atoms with Crippen LogP contribution in [0.25, 0.3) is 10.9 Å². The van der Waals surface area contributed by atoms with Crippen LogP contribution < -0.4 is 5.56 Å². The van der Waals surface area contributed by atoms with Crippen LogP contribution in [0.5, 0.6) is 0 Å². The van der Waals surface area contributed by atoms with Gasteiger partial charge in [0.25, 0.3) is 5.56 Å². The van der Waals surface area contributed by atoms with Gasteiger partial charge < -0.3 is 9.72 Å². The number of hydrogen-bond donors (Lipinski definition) is 1. The Kier molecular flexibility index (Phi) is 3.46. The molecular formula is C14H15NO3. The van der Waals surface area contributed by atoms with Gasteiger partial charge in [-0.25, -0.2) is 4.79 Å². The number of rotatable bonds is 3. The van der Waals surface area contributed by atoms with E-state index in [0.29, 0.717) is 24.1 Å². The number of benzene rings is 1. The second kappa shape index (κ2) is 5.04. The van der Waals surface area contributed by atoms with Crippen LogP contribution >= 0.6 is 0 Å². The summed E-state index contributed by atoms with van der Waals surface area (Å²) in [6, 6.07) is 7.02. The number of aromatic nitrogens is 1. The highest BCUT2D eigenvalue weighted by Crippen LogP contribution is 2.14. The monoisotopic (exact) mass is 245 g/mol. The molecule has 2 aromatic rings. The molecule has 0 aliphatic carbocycles. The highest BCUT2D eigenvalue weighted by molar-refractivity contribution is 5.94. The van der Waals surface area contributed by atoms with E-state index in [-0.39, 0.29) is 11.5 Å². The average molecular weight is 245 g/mol. The molecule has 0 unspecified atom stereocenters. The number of carbonyl (C=O) groups is 1. The SMILES string of the molecule is CCOC(=O)c1ccc2cc(CC)c(=O)[nH]c2c1. The Labute approximate surface area is 105 Å². The van der Waals surface area contributed by atoms with Crippen LogP contribution in [0.15, 0.2) is 29.1 Å². The highest BCUT2D eigenvalue weighted by Gasteiger charge is 2.08. The second-order valence-electron chi connectivity index (χ2n) is 4.00. The number of aromatic amines is 1. The van der Waals surface area contributed by atoms with Crippen molar-refractivity contribution in [1.82, 2.24) is 4.98 Å². The summed E-state index contributed by atoms with van der Waals surface area (Å²) in [5.74, 6) is -0.375. The molecule has 0 atom stereocenters. The fourth-order valence-electron chi connectivity index (χ4n) is 1.85. The third-order valence-electron chi connectivity index (χ3n) is 2.81. The molecule has 4 nitrogen and oxygen atoms in total. The Balaban J connectivity index is 2.52. The molecule has 1 aromatic heterocycles. The van der Waals surface area contributed by atoms with Crippen molar-refractivity contribution in [2.45, 2.75) is 20.3 Å². The molecule has 0 fully saturated rings. The minimum absolute atomic E-state index is 0.106. The van der Waals surface area contributed by atoms with Crippen LogP contribution in [-0.4, -0.2) is 17.6 Å². The van der Waals surface area contributed by atoms with Gasteiger partial charge >= 0.3 is 5.97 Å². The molecule has 0 saturated heterocycles. The molecule has 0 aliphatic rings. The molecule has 0 radical (unpaired) electrons. The third-order valence-corrected chi connectivity index (χ3v) is 2.81. The topological polar surface area (TPSA) is 59.2 Å². The molecule has 1 heterocycles. The molecule has 0 saturated carbocycles. The van der Waals surface area contributed by atoms with Gasteiger partial charge in [-0.05, 0) is 36.9 Å². The summed E-state index contributed by atoms with van der Waals surface area (Å²) >= 11 is 0. The first-order valence-corrected chi connectivity index (χ1v) is 5.98. The Bertz CT molecular complexity index is 643. The predicted octanol–water partition coefficient (Wildman–Crippen LogP) is 2.27. The second-order valence-corrected chi connectivity index (χ2v) is 4.00. The first-order valence-electron chi connectivity index (χ1n) is 5.98. The average Bonchev–Trinajstić information content (AvgIpc) is 2.37. The Hall–Kier alpha value is -2.10. The van der Waals surface area contributed by atoms with Gasteiger partial charge in [0, 0.05) is 11.1 Å². The lowest BCUT2D eigenvalue weighted by Crippen LogP contribution is -2.12. The van der Waals surface area contributed by atoms with E-state index in [1.54, 1.807) is 19.1 Å². The van der Waals surface area contributed by atoms with Gasteiger partial charge in [-0.1, -0.05) is 13.0 Å². The zero-order chi connectivity index (χ0) is 13.1. The summed E-state index contributed by atoms with van der Waals surface area (Å²) in [4.78, 5) is 26.1. The molecular weight excluding hydrogens is 230 g/mol. The van der Waals surface area contributed by atoms with Crippen molar-refractivity contribution in [2.75, 3.05) is 6.61 Å². The number of ether oxygens (including phenoxy) is 1. The third kappa shape index (κ3) is 2.27. The van der Waals surface area contributed by atoms with Crippen LogP contribution in [0.2, 0.25) is 0 Å². The fraction of sp³-hybridized carbons (Fsp3) is 0.286. The minimum atomic E-state index is -0.375. The molecule has 0 aliphatic heterocycles. The van der Waals surface area contributed by atoms with Crippen LogP contribution in [0, 0.1) is 0 Å². The molecule has 2 rings (SSSR count). The van der Waals surface area contributed by atoms with Crippen molar-refractivity contribution in [2.24, 2.45) is 0 Å². The molecule has 1 aromatic carbocycles. The molecule has 0 spiro atoms. The maximum atomic E-state index is 11.7. The molecule has 0 bridgehead atoms. The van der Waals surface area contributed by atoms with E-state index >= 15 is 0 Å². The van der Waals surface area contributed by atoms with Gasteiger partial charge in [-0.3, -0.25) is 4.79 Å². The lowest BCUT2D eigenvalue weighted by Gasteiger charge is -2.04. The van der Waals surface area contributed by atoms with E-state index in [1.807, 2.05) is 19.1 Å². The summed E-state index contributed by atoms with van der Waals surface area (Å²) in [6.07, 6.45) is 0.685. The first-order chi connectivity index (χ1) is 8.65. The Morgan fingerprint density at radius 3 is 2.72 bits per heavy atom. The number of aryl methyl sites for hydroxylation is 1. The standard InChI is InChI=1S/C14H15NO3/c1-3-9-7-10-5-6-11(14(17)18-4-2)8-12(10)15-13(9)16/h5-8H,3-4H2,1-2H3,(H,15,16). The molecule has 18 heavy (non-hydrogen) atoms. The lowest BCUT2D eigenvalue weighted by atomic mass is 10.1. The van der Waals surface area contributed by atoms with E-state index in [1.165, 1.54) is 0 Å². The normalized spacial score (nSPS) is 10.6. The van der Waals surface area contributed by atoms with Gasteiger partial charge in [-0.15, -0.1) is 0 Å². The summed E-state index contributed by atoms with van der Waals surface area (Å²) < 4.78 is 4.92. The summed E-state index contributed by atoms with van der Waals surface area (Å²) in [6.45, 7) is 4.03. The van der Waals surface area contributed by atoms with Gasteiger partial charge in [0.2, 0.25) is 0 Å². The highest BCUT2D eigenvalue weighted by atomic mass is 16.5. The van der Waals surface area contributed by atoms with Crippen LogP contribution in [0.1, 0.15) is 29.8 Å². The number of fused-ring (bicyclic) bond motifs is 1. The number of carbonyl (C=O) groups excluding carboxylic acids is 1. The predicted molar refractivity (Wildman–Crippen MR) is 69.9 cm³/mol. The van der Waals surface area contributed by atoms with E-state index in [9.17, 15) is 9.59 Å². The summed E-state index contributed by atoms with van der Waals surface area (Å²) in [5, 5.41) is 0.916. The zero-order valence-corrected chi connectivity index (χ0v) is 10.4. The summed E-state index contributed by atoms with van der Waals surface area (Å²) in [5.41, 5.74) is 1.74. The van der Waals surface area contributed by atoms with Gasteiger partial charge in [0.15, 0.2) is 0 Å². The largest absolute Gasteiger partial charge is 0.462 e. The molecule has 1 N–H and O–H groups in total. The number of H-pyrrole nitrogens is 1. The quantitative estimate of drug-likeness (QED) is 0.844. The smallest absolute Gasteiger partial charge is 0.338 e. The molecule has 94 valence electrons. The lowest BCUT2D eigenvalue weighted by molar-refractivity contribution is 0.0526. The van der Waals surface area contributed by atoms with Crippen molar-refractivity contribution in [1.29, 1.82) is 0 Å². The number of esters is 1.